The quantitative estimate of drug-likeness (QED) is 0.451. The predicted octanol–water partition coefficient (Wildman–Crippen LogP) is 5.97. The second kappa shape index (κ2) is 8.96. The van der Waals surface area contributed by atoms with Gasteiger partial charge in [-0.15, -0.1) is 0 Å². The number of benzene rings is 3. The maximum absolute atomic E-state index is 4.05. The molecule has 0 radical (unpaired) electrons. The van der Waals surface area contributed by atoms with Crippen molar-refractivity contribution in [3.05, 3.63) is 104 Å². The molecule has 3 atom stereocenters. The van der Waals surface area contributed by atoms with Gasteiger partial charge in [-0.25, -0.2) is 0 Å². The second-order valence-corrected chi connectivity index (χ2v) is 10.5. The van der Waals surface area contributed by atoms with Gasteiger partial charge in [-0.1, -0.05) is 80.4 Å². The van der Waals surface area contributed by atoms with E-state index in [1.54, 1.807) is 0 Å². The highest BCUT2D eigenvalue weighted by Gasteiger charge is 2.37. The fraction of sp³-hybridized carbons (Fsp3) is 0.308. The second-order valence-electron chi connectivity index (χ2n) is 8.62. The van der Waals surface area contributed by atoms with Gasteiger partial charge in [-0.2, -0.15) is 0 Å². The molecule has 1 saturated heterocycles. The van der Waals surface area contributed by atoms with Crippen LogP contribution in [-0.2, 0) is 25.8 Å². The van der Waals surface area contributed by atoms with E-state index in [1.165, 1.54) is 22.3 Å². The van der Waals surface area contributed by atoms with Gasteiger partial charge in [0.25, 0.3) is 0 Å². The van der Waals surface area contributed by atoms with Crippen LogP contribution in [0.25, 0.3) is 0 Å². The Labute approximate surface area is 195 Å². The lowest BCUT2D eigenvalue weighted by atomic mass is 9.81. The molecule has 1 N–H and O–H groups in total. The maximum Gasteiger partial charge on any atom is 0.0643 e. The molecule has 0 aliphatic carbocycles. The highest BCUT2D eigenvalue weighted by atomic mass is 79.9. The van der Waals surface area contributed by atoms with Crippen LogP contribution in [-0.4, -0.2) is 23.7 Å². The number of hydrogen-bond acceptors (Lipinski definition) is 2. The lowest BCUT2D eigenvalue weighted by Crippen LogP contribution is -2.62. The molecule has 3 aromatic carbocycles. The molecule has 4 heteroatoms. The molecule has 6 rings (SSSR count). The molecule has 30 heavy (non-hydrogen) atoms. The van der Waals surface area contributed by atoms with Crippen LogP contribution in [0.4, 0.5) is 0 Å². The summed E-state index contributed by atoms with van der Waals surface area (Å²) in [6, 6.07) is 27.0. The van der Waals surface area contributed by atoms with Crippen molar-refractivity contribution in [3.63, 3.8) is 0 Å². The average molecular weight is 526 g/mol. The summed E-state index contributed by atoms with van der Waals surface area (Å²) in [6.45, 7) is 2.12. The summed E-state index contributed by atoms with van der Waals surface area (Å²) in [7, 11) is 0. The topological polar surface area (TPSA) is 15.3 Å². The summed E-state index contributed by atoms with van der Waals surface area (Å²) in [5.74, 6) is 0.592. The third-order valence-corrected chi connectivity index (χ3v) is 7.50. The van der Waals surface area contributed by atoms with E-state index in [9.17, 15) is 0 Å². The minimum absolute atomic E-state index is 0.360. The van der Waals surface area contributed by atoms with Crippen molar-refractivity contribution in [1.82, 2.24) is 10.2 Å². The SMILES string of the molecule is Brc1cccc(CC2NC3Cc4ccccc4CC2CN3Cc2cccc(Br)c2)c1. The summed E-state index contributed by atoms with van der Waals surface area (Å²) in [4.78, 5) is 2.65. The third kappa shape index (κ3) is 4.57. The number of nitrogens with one attached hydrogen (secondary N) is 1. The van der Waals surface area contributed by atoms with Crippen molar-refractivity contribution in [2.24, 2.45) is 5.92 Å². The Morgan fingerprint density at radius 1 is 0.800 bits per heavy atom. The zero-order valence-electron chi connectivity index (χ0n) is 16.9. The maximum atomic E-state index is 4.05. The Balaban J connectivity index is 1.43. The predicted molar refractivity (Wildman–Crippen MR) is 130 cm³/mol. The molecule has 0 saturated carbocycles. The monoisotopic (exact) mass is 524 g/mol. The fourth-order valence-corrected chi connectivity index (χ4v) is 5.97. The van der Waals surface area contributed by atoms with Crippen molar-refractivity contribution in [3.8, 4) is 0 Å². The van der Waals surface area contributed by atoms with E-state index in [-0.39, 0.29) is 0 Å². The first-order chi connectivity index (χ1) is 14.6. The molecule has 1 fully saturated rings. The first kappa shape index (κ1) is 20.4. The molecule has 2 bridgehead atoms. The van der Waals surface area contributed by atoms with Crippen LogP contribution in [0.3, 0.4) is 0 Å². The van der Waals surface area contributed by atoms with Gasteiger partial charge in [0.2, 0.25) is 0 Å². The van der Waals surface area contributed by atoms with Crippen molar-refractivity contribution in [1.29, 1.82) is 0 Å². The number of nitrogens with zero attached hydrogens (tertiary/aromatic N) is 1. The third-order valence-electron chi connectivity index (χ3n) is 6.52. The minimum Gasteiger partial charge on any atom is -0.298 e. The van der Waals surface area contributed by atoms with Crippen molar-refractivity contribution < 1.29 is 0 Å². The van der Waals surface area contributed by atoms with Crippen molar-refractivity contribution in [2.45, 2.75) is 38.0 Å². The molecular weight excluding hydrogens is 500 g/mol. The first-order valence-corrected chi connectivity index (χ1v) is 12.3. The van der Waals surface area contributed by atoms with E-state index in [4.69, 9.17) is 0 Å². The number of hydrogen-bond donors (Lipinski definition) is 1. The highest BCUT2D eigenvalue weighted by Crippen LogP contribution is 2.31. The summed E-state index contributed by atoms with van der Waals surface area (Å²) >= 11 is 7.27. The molecular formula is C26H26Br2N2. The van der Waals surface area contributed by atoms with Crippen LogP contribution >= 0.6 is 31.9 Å². The van der Waals surface area contributed by atoms with Crippen LogP contribution in [0, 0.1) is 5.92 Å². The van der Waals surface area contributed by atoms with E-state index >= 15 is 0 Å². The molecule has 154 valence electrons. The van der Waals surface area contributed by atoms with Crippen LogP contribution in [0.5, 0.6) is 0 Å². The fourth-order valence-electron chi connectivity index (χ4n) is 5.07. The van der Waals surface area contributed by atoms with Gasteiger partial charge in [-0.05, 0) is 65.3 Å². The standard InChI is InChI=1S/C26H26Br2N2/c27-23-9-3-5-18(11-23)13-25-22-14-20-7-1-2-8-21(20)15-26(29-25)30(17-22)16-19-6-4-10-24(28)12-19/h1-12,22,25-26,29H,13-17H2. The van der Waals surface area contributed by atoms with Crippen LogP contribution in [0.1, 0.15) is 22.3 Å². The summed E-state index contributed by atoms with van der Waals surface area (Å²) < 4.78 is 2.32. The van der Waals surface area contributed by atoms with Gasteiger partial charge in [0.1, 0.15) is 0 Å². The number of halogens is 2. The van der Waals surface area contributed by atoms with Gasteiger partial charge < -0.3 is 0 Å². The molecule has 0 amide bonds. The molecule has 0 spiro atoms. The normalized spacial score (nSPS) is 23.6. The number of fused-ring (bicyclic) bond motifs is 2. The zero-order chi connectivity index (χ0) is 20.5. The van der Waals surface area contributed by atoms with Gasteiger partial charge in [0.05, 0.1) is 6.17 Å². The van der Waals surface area contributed by atoms with Crippen LogP contribution in [0.15, 0.2) is 81.7 Å². The Morgan fingerprint density at radius 3 is 2.20 bits per heavy atom. The van der Waals surface area contributed by atoms with Gasteiger partial charge in [-0.3, -0.25) is 10.2 Å². The van der Waals surface area contributed by atoms with E-state index in [0.29, 0.717) is 18.1 Å². The van der Waals surface area contributed by atoms with E-state index < -0.39 is 0 Å². The number of rotatable bonds is 4. The lowest BCUT2D eigenvalue weighted by molar-refractivity contribution is 0.0482. The van der Waals surface area contributed by atoms with E-state index in [0.717, 1.165) is 41.3 Å². The van der Waals surface area contributed by atoms with E-state index in [1.807, 2.05) is 0 Å². The van der Waals surface area contributed by atoms with Gasteiger partial charge >= 0.3 is 0 Å². The molecule has 3 aliphatic rings. The Bertz CT molecular complexity index is 952. The molecule has 2 nitrogen and oxygen atoms in total. The summed E-state index contributed by atoms with van der Waals surface area (Å²) in [6.07, 6.45) is 3.64. The first-order valence-electron chi connectivity index (χ1n) is 10.7. The molecule has 3 aromatic rings. The molecule has 3 aliphatic heterocycles. The molecule has 0 aromatic heterocycles. The molecule has 3 heterocycles. The van der Waals surface area contributed by atoms with Crippen LogP contribution < -0.4 is 5.32 Å². The summed E-state index contributed by atoms with van der Waals surface area (Å²) in [5.41, 5.74) is 5.81. The van der Waals surface area contributed by atoms with Crippen molar-refractivity contribution >= 4 is 31.9 Å². The van der Waals surface area contributed by atoms with E-state index in [2.05, 4.69) is 115 Å². The Kier molecular flexibility index (Phi) is 6.10. The Morgan fingerprint density at radius 2 is 1.47 bits per heavy atom. The molecule has 3 unspecified atom stereocenters. The smallest absolute Gasteiger partial charge is 0.0643 e. The Hall–Kier alpha value is -1.46. The van der Waals surface area contributed by atoms with Crippen LogP contribution in [0.2, 0.25) is 0 Å². The lowest BCUT2D eigenvalue weighted by Gasteiger charge is -2.47. The summed E-state index contributed by atoms with van der Waals surface area (Å²) in [5, 5.41) is 4.05. The average Bonchev–Trinajstić information content (AvgIpc) is 2.70. The largest absolute Gasteiger partial charge is 0.298 e. The van der Waals surface area contributed by atoms with Gasteiger partial charge in [0, 0.05) is 34.5 Å². The minimum atomic E-state index is 0.360. The zero-order valence-corrected chi connectivity index (χ0v) is 20.1. The van der Waals surface area contributed by atoms with Gasteiger partial charge in [0.15, 0.2) is 0 Å². The highest BCUT2D eigenvalue weighted by molar-refractivity contribution is 9.10. The van der Waals surface area contributed by atoms with Crippen molar-refractivity contribution in [2.75, 3.05) is 6.54 Å².